The zero-order chi connectivity index (χ0) is 22.9. The second kappa shape index (κ2) is 9.05. The van der Waals surface area contributed by atoms with E-state index < -0.39 is 5.91 Å². The molecule has 0 radical (unpaired) electrons. The summed E-state index contributed by atoms with van der Waals surface area (Å²) in [7, 11) is 0. The summed E-state index contributed by atoms with van der Waals surface area (Å²) >= 11 is 8.73. The van der Waals surface area contributed by atoms with E-state index in [1.807, 2.05) is 61.5 Å². The van der Waals surface area contributed by atoms with Crippen LogP contribution in [0.25, 0.3) is 6.08 Å². The highest BCUT2D eigenvalue weighted by Gasteiger charge is 2.35. The first-order chi connectivity index (χ1) is 15.9. The number of aliphatic imine (C=N–C) groups is 1. The largest absolute Gasteiger partial charge is 0.450 e. The summed E-state index contributed by atoms with van der Waals surface area (Å²) in [4.78, 5) is 17.8. The second-order valence-corrected chi connectivity index (χ2v) is 9.94. The number of nitrogens with zero attached hydrogens (tertiary/aromatic N) is 3. The molecule has 1 N–H and O–H groups in total. The molecule has 0 spiro atoms. The van der Waals surface area contributed by atoms with E-state index in [1.54, 1.807) is 12.1 Å². The lowest BCUT2D eigenvalue weighted by Gasteiger charge is -2.19. The third kappa shape index (κ3) is 4.83. The van der Waals surface area contributed by atoms with Gasteiger partial charge < -0.3 is 4.42 Å². The van der Waals surface area contributed by atoms with Crippen molar-refractivity contribution in [3.63, 3.8) is 0 Å². The number of rotatable bonds is 5. The molecule has 2 aromatic carbocycles. The molecule has 0 bridgehead atoms. The van der Waals surface area contributed by atoms with Gasteiger partial charge in [0, 0.05) is 16.3 Å². The Morgan fingerprint density at radius 2 is 1.88 bits per heavy atom. The number of carbonyl (C=O) groups excluding carboxylic acids is 1. The van der Waals surface area contributed by atoms with Crippen LogP contribution >= 0.6 is 35.1 Å². The van der Waals surface area contributed by atoms with Crippen molar-refractivity contribution in [1.29, 1.82) is 5.41 Å². The maximum atomic E-state index is 12.6. The van der Waals surface area contributed by atoms with Gasteiger partial charge in [0.1, 0.15) is 10.8 Å². The molecular formula is C24H17ClN4O2S2. The Balaban J connectivity index is 1.33. The van der Waals surface area contributed by atoms with Gasteiger partial charge in [0.2, 0.25) is 5.17 Å². The van der Waals surface area contributed by atoms with Crippen molar-refractivity contribution in [3.8, 4) is 0 Å². The van der Waals surface area contributed by atoms with Crippen LogP contribution in [-0.2, 0) is 11.2 Å². The van der Waals surface area contributed by atoms with Gasteiger partial charge in [-0.2, -0.15) is 15.1 Å². The second-order valence-electron chi connectivity index (χ2n) is 7.39. The average molecular weight is 493 g/mol. The summed E-state index contributed by atoms with van der Waals surface area (Å²) in [5.41, 5.74) is 2.36. The summed E-state index contributed by atoms with van der Waals surface area (Å²) in [6.07, 6.45) is 2.11. The lowest BCUT2D eigenvalue weighted by Crippen LogP contribution is -2.35. The Morgan fingerprint density at radius 1 is 1.12 bits per heavy atom. The minimum absolute atomic E-state index is 0.0206. The summed E-state index contributed by atoms with van der Waals surface area (Å²) < 4.78 is 5.86. The Morgan fingerprint density at radius 3 is 2.64 bits per heavy atom. The molecule has 0 unspecified atom stereocenters. The van der Waals surface area contributed by atoms with Gasteiger partial charge in [0.05, 0.1) is 5.57 Å². The molecular weight excluding hydrogens is 476 g/mol. The van der Waals surface area contributed by atoms with Crippen LogP contribution in [0.1, 0.15) is 16.9 Å². The molecule has 164 valence electrons. The molecule has 0 atom stereocenters. The van der Waals surface area contributed by atoms with Gasteiger partial charge in [-0.3, -0.25) is 10.2 Å². The monoisotopic (exact) mass is 492 g/mol. The molecule has 5 rings (SSSR count). The Labute approximate surface area is 203 Å². The van der Waals surface area contributed by atoms with Crippen LogP contribution in [0.5, 0.6) is 0 Å². The van der Waals surface area contributed by atoms with E-state index in [0.29, 0.717) is 27.5 Å². The van der Waals surface area contributed by atoms with Gasteiger partial charge in [-0.05, 0) is 66.7 Å². The van der Waals surface area contributed by atoms with E-state index in [9.17, 15) is 4.79 Å². The highest BCUT2D eigenvalue weighted by Crippen LogP contribution is 2.32. The zero-order valence-corrected chi connectivity index (χ0v) is 19.8. The molecule has 0 saturated carbocycles. The molecule has 1 aromatic heterocycles. The number of hydrogen-bond donors (Lipinski definition) is 1. The molecule has 0 aliphatic carbocycles. The first-order valence-corrected chi connectivity index (χ1v) is 12.0. The Hall–Kier alpha value is -3.07. The van der Waals surface area contributed by atoms with Gasteiger partial charge in [-0.1, -0.05) is 53.2 Å². The average Bonchev–Trinajstić information content (AvgIpc) is 3.41. The van der Waals surface area contributed by atoms with Gasteiger partial charge in [-0.25, -0.2) is 0 Å². The lowest BCUT2D eigenvalue weighted by molar-refractivity contribution is -0.114. The van der Waals surface area contributed by atoms with E-state index in [2.05, 4.69) is 10.1 Å². The van der Waals surface area contributed by atoms with Crippen molar-refractivity contribution in [3.05, 3.63) is 88.1 Å². The molecule has 2 aliphatic rings. The fourth-order valence-electron chi connectivity index (χ4n) is 3.21. The fourth-order valence-corrected chi connectivity index (χ4v) is 5.04. The van der Waals surface area contributed by atoms with Crippen LogP contribution in [0, 0.1) is 12.3 Å². The highest BCUT2D eigenvalue weighted by atomic mass is 35.5. The van der Waals surface area contributed by atoms with E-state index in [0.717, 1.165) is 15.5 Å². The van der Waals surface area contributed by atoms with E-state index in [-0.39, 0.29) is 11.4 Å². The van der Waals surface area contributed by atoms with Crippen LogP contribution < -0.4 is 0 Å². The molecule has 0 fully saturated rings. The zero-order valence-electron chi connectivity index (χ0n) is 17.4. The number of hydrogen-bond acceptors (Lipinski definition) is 6. The molecule has 3 aromatic rings. The van der Waals surface area contributed by atoms with Crippen molar-refractivity contribution < 1.29 is 9.21 Å². The minimum atomic E-state index is -0.481. The van der Waals surface area contributed by atoms with Crippen LogP contribution in [0.3, 0.4) is 0 Å². The van der Waals surface area contributed by atoms with E-state index in [1.165, 1.54) is 34.1 Å². The van der Waals surface area contributed by atoms with Crippen molar-refractivity contribution in [2.75, 3.05) is 0 Å². The number of thioether (sulfide) groups is 1. The molecule has 6 nitrogen and oxygen atoms in total. The minimum Gasteiger partial charge on any atom is -0.450 e. The van der Waals surface area contributed by atoms with Gasteiger partial charge >= 0.3 is 0 Å². The maximum absolute atomic E-state index is 12.6. The quantitative estimate of drug-likeness (QED) is 0.425. The van der Waals surface area contributed by atoms with Crippen molar-refractivity contribution >= 4 is 63.2 Å². The van der Waals surface area contributed by atoms with Crippen LogP contribution in [0.4, 0.5) is 0 Å². The predicted molar refractivity (Wildman–Crippen MR) is 134 cm³/mol. The number of amidine groups is 2. The molecule has 3 heterocycles. The number of benzene rings is 2. The number of carbonyl (C=O) groups is 1. The molecule has 1 amide bonds. The van der Waals surface area contributed by atoms with Crippen LogP contribution in [-0.4, -0.2) is 27.0 Å². The maximum Gasteiger partial charge on any atom is 0.283 e. The third-order valence-corrected chi connectivity index (χ3v) is 6.98. The highest BCUT2D eigenvalue weighted by molar-refractivity contribution is 8.26. The predicted octanol–water partition coefficient (Wildman–Crippen LogP) is 6.25. The SMILES string of the molecule is Cc1ccc(Sc2ccc(C=C3C(=N)N4N=C(Cc5ccc(Cl)cc5)SC4=NC3=O)o2)cc1. The molecule has 2 aliphatic heterocycles. The lowest BCUT2D eigenvalue weighted by atomic mass is 10.1. The van der Waals surface area contributed by atoms with Crippen molar-refractivity contribution in [2.24, 2.45) is 10.1 Å². The number of fused-ring (bicyclic) bond motifs is 1. The number of halogens is 1. The normalized spacial score (nSPS) is 16.8. The van der Waals surface area contributed by atoms with Gasteiger partial charge in [0.25, 0.3) is 5.91 Å². The number of furan rings is 1. The topological polar surface area (TPSA) is 82.0 Å². The number of amides is 1. The number of nitrogens with one attached hydrogen (secondary N) is 1. The number of aryl methyl sites for hydroxylation is 1. The smallest absolute Gasteiger partial charge is 0.283 e. The Kier molecular flexibility index (Phi) is 5.97. The summed E-state index contributed by atoms with van der Waals surface area (Å²) in [6, 6.07) is 19.3. The van der Waals surface area contributed by atoms with Crippen LogP contribution in [0.15, 0.2) is 90.7 Å². The van der Waals surface area contributed by atoms with E-state index in [4.69, 9.17) is 21.4 Å². The Bertz CT molecular complexity index is 1340. The first-order valence-electron chi connectivity index (χ1n) is 10.0. The third-order valence-electron chi connectivity index (χ3n) is 4.89. The van der Waals surface area contributed by atoms with Gasteiger partial charge in [0.15, 0.2) is 10.9 Å². The standard InChI is InChI=1S/C24H17ClN4O2S2/c1-14-2-9-18(10-3-14)32-21-11-8-17(31-21)13-19-22(26)29-24(27-23(19)30)33-20(28-29)12-15-4-6-16(25)7-5-15/h2-11,13,26H,12H2,1H3. The van der Waals surface area contributed by atoms with Crippen LogP contribution in [0.2, 0.25) is 5.02 Å². The first kappa shape index (κ1) is 21.8. The van der Waals surface area contributed by atoms with Crippen molar-refractivity contribution in [2.45, 2.75) is 23.3 Å². The van der Waals surface area contributed by atoms with E-state index >= 15 is 0 Å². The summed E-state index contributed by atoms with van der Waals surface area (Å²) in [6.45, 7) is 2.04. The van der Waals surface area contributed by atoms with Gasteiger partial charge in [-0.15, -0.1) is 0 Å². The summed E-state index contributed by atoms with van der Waals surface area (Å²) in [5, 5.41) is 16.9. The molecule has 9 heteroatoms. The molecule has 33 heavy (non-hydrogen) atoms. The van der Waals surface area contributed by atoms with Crippen molar-refractivity contribution in [1.82, 2.24) is 5.01 Å². The fraction of sp³-hybridized carbons (Fsp3) is 0.0833. The number of hydrazone groups is 1. The molecule has 0 saturated heterocycles. The summed E-state index contributed by atoms with van der Waals surface area (Å²) in [5.74, 6) is -0.0212.